The van der Waals surface area contributed by atoms with Gasteiger partial charge in [-0.25, -0.2) is 5.01 Å². The van der Waals surface area contributed by atoms with Crippen molar-refractivity contribution in [3.63, 3.8) is 0 Å². The molecule has 1 aliphatic rings. The third-order valence-corrected chi connectivity index (χ3v) is 4.13. The first-order valence-electron chi connectivity index (χ1n) is 7.43. The molecule has 1 aliphatic heterocycles. The molecule has 0 radical (unpaired) electrons. The fraction of sp³-hybridized carbons (Fsp3) is 0.533. The van der Waals surface area contributed by atoms with E-state index in [1.54, 1.807) is 24.9 Å². The maximum atomic E-state index is 12.4. The summed E-state index contributed by atoms with van der Waals surface area (Å²) in [6, 6.07) is 0. The third kappa shape index (κ3) is 3.92. The number of hydrazine groups is 1. The molecule has 0 bridgehead atoms. The Kier molecular flexibility index (Phi) is 5.79. The Hall–Kier alpha value is -1.86. The van der Waals surface area contributed by atoms with Crippen molar-refractivity contribution in [1.82, 2.24) is 19.8 Å². The number of rotatable bonds is 5. The molecule has 0 unspecified atom stereocenters. The highest BCUT2D eigenvalue weighted by molar-refractivity contribution is 6.31. The van der Waals surface area contributed by atoms with E-state index in [1.165, 1.54) is 16.1 Å². The highest BCUT2D eigenvalue weighted by Gasteiger charge is 2.29. The van der Waals surface area contributed by atoms with Crippen molar-refractivity contribution in [2.45, 2.75) is 19.8 Å². The summed E-state index contributed by atoms with van der Waals surface area (Å²) in [6.07, 6.45) is 4.10. The molecule has 1 saturated heterocycles. The molecule has 2 rings (SSSR count). The van der Waals surface area contributed by atoms with Gasteiger partial charge < -0.3 is 4.74 Å². The number of hydrogen-bond donors (Lipinski definition) is 0. The van der Waals surface area contributed by atoms with Crippen LogP contribution in [0.1, 0.15) is 24.1 Å². The Bertz CT molecular complexity index is 626. The van der Waals surface area contributed by atoms with Crippen molar-refractivity contribution < 1.29 is 14.3 Å². The lowest BCUT2D eigenvalue weighted by Crippen LogP contribution is -2.44. The lowest BCUT2D eigenvalue weighted by atomic mass is 10.2. The van der Waals surface area contributed by atoms with Crippen molar-refractivity contribution in [3.05, 3.63) is 22.5 Å². The van der Waals surface area contributed by atoms with Crippen LogP contribution >= 0.6 is 11.6 Å². The molecule has 2 amide bonds. The molecule has 0 aliphatic carbocycles. The quantitative estimate of drug-likeness (QED) is 0.760. The second-order valence-corrected chi connectivity index (χ2v) is 5.68. The minimum atomic E-state index is -0.243. The SMILES string of the molecule is COCCC(=O)N1CCCN1C(=O)C=Cc1c(C)nn(C)c1Cl. The van der Waals surface area contributed by atoms with Crippen LogP contribution in [0.15, 0.2) is 6.08 Å². The number of aromatic nitrogens is 2. The minimum absolute atomic E-state index is 0.110. The van der Waals surface area contributed by atoms with E-state index in [2.05, 4.69) is 5.10 Å². The van der Waals surface area contributed by atoms with Gasteiger partial charge in [-0.2, -0.15) is 5.10 Å². The van der Waals surface area contributed by atoms with Gasteiger partial charge in [-0.3, -0.25) is 19.3 Å². The average Bonchev–Trinajstić information content (AvgIpc) is 3.09. The molecule has 0 spiro atoms. The Morgan fingerprint density at radius 2 is 2.04 bits per heavy atom. The molecule has 0 saturated carbocycles. The van der Waals surface area contributed by atoms with E-state index in [4.69, 9.17) is 16.3 Å². The Balaban J connectivity index is 2.07. The zero-order valence-electron chi connectivity index (χ0n) is 13.6. The first-order valence-corrected chi connectivity index (χ1v) is 7.81. The van der Waals surface area contributed by atoms with Crippen LogP contribution in [0.4, 0.5) is 0 Å². The van der Waals surface area contributed by atoms with Crippen LogP contribution in [0.3, 0.4) is 0 Å². The van der Waals surface area contributed by atoms with Gasteiger partial charge in [0.2, 0.25) is 5.91 Å². The number of halogens is 1. The summed E-state index contributed by atoms with van der Waals surface area (Å²) in [5, 5.41) is 7.62. The van der Waals surface area contributed by atoms with Gasteiger partial charge in [-0.05, 0) is 19.4 Å². The lowest BCUT2D eigenvalue weighted by molar-refractivity contribution is -0.155. The van der Waals surface area contributed by atoms with Crippen LogP contribution in [0.25, 0.3) is 6.08 Å². The second kappa shape index (κ2) is 7.61. The molecule has 23 heavy (non-hydrogen) atoms. The van der Waals surface area contributed by atoms with Gasteiger partial charge >= 0.3 is 0 Å². The average molecular weight is 341 g/mol. The molecule has 0 N–H and O–H groups in total. The highest BCUT2D eigenvalue weighted by Crippen LogP contribution is 2.20. The Labute approximate surface area is 140 Å². The molecule has 1 aromatic heterocycles. The fourth-order valence-electron chi connectivity index (χ4n) is 2.49. The Morgan fingerprint density at radius 3 is 2.65 bits per heavy atom. The van der Waals surface area contributed by atoms with E-state index in [0.29, 0.717) is 30.4 Å². The normalized spacial score (nSPS) is 15.0. The molecule has 1 aromatic rings. The summed E-state index contributed by atoms with van der Waals surface area (Å²) in [6.45, 7) is 3.25. The zero-order chi connectivity index (χ0) is 17.0. The number of nitrogens with zero attached hydrogens (tertiary/aromatic N) is 4. The molecular formula is C15H21ClN4O3. The van der Waals surface area contributed by atoms with Crippen LogP contribution in [-0.2, 0) is 21.4 Å². The van der Waals surface area contributed by atoms with Gasteiger partial charge in [0.1, 0.15) is 5.15 Å². The van der Waals surface area contributed by atoms with Crippen LogP contribution in [0, 0.1) is 6.92 Å². The molecule has 1 fully saturated rings. The first-order chi connectivity index (χ1) is 11.0. The summed E-state index contributed by atoms with van der Waals surface area (Å²) in [5.74, 6) is -0.353. The van der Waals surface area contributed by atoms with Crippen molar-refractivity contribution in [2.75, 3.05) is 26.8 Å². The van der Waals surface area contributed by atoms with E-state index >= 15 is 0 Å². The van der Waals surface area contributed by atoms with E-state index in [9.17, 15) is 9.59 Å². The number of amides is 2. The summed E-state index contributed by atoms with van der Waals surface area (Å²) in [7, 11) is 3.29. The molecule has 8 heteroatoms. The van der Waals surface area contributed by atoms with Crippen LogP contribution in [-0.4, -0.2) is 58.4 Å². The van der Waals surface area contributed by atoms with Gasteiger partial charge in [0, 0.05) is 38.9 Å². The van der Waals surface area contributed by atoms with Gasteiger partial charge in [0.05, 0.1) is 18.7 Å². The van der Waals surface area contributed by atoms with Crippen molar-refractivity contribution in [2.24, 2.45) is 7.05 Å². The number of hydrogen-bond acceptors (Lipinski definition) is 4. The number of carbonyl (C=O) groups excluding carboxylic acids is 2. The van der Waals surface area contributed by atoms with E-state index < -0.39 is 0 Å². The monoisotopic (exact) mass is 340 g/mol. The summed E-state index contributed by atoms with van der Waals surface area (Å²) in [5.41, 5.74) is 1.45. The second-order valence-electron chi connectivity index (χ2n) is 5.32. The maximum absolute atomic E-state index is 12.4. The standard InChI is InChI=1S/C15H21ClN4O3/c1-11-12(15(16)18(2)17-11)5-6-13(21)19-8-4-9-20(19)14(22)7-10-23-3/h5-6H,4,7-10H2,1-3H3. The van der Waals surface area contributed by atoms with Gasteiger partial charge in [-0.1, -0.05) is 11.6 Å². The number of aryl methyl sites for hydroxylation is 2. The summed E-state index contributed by atoms with van der Waals surface area (Å²) >= 11 is 6.14. The highest BCUT2D eigenvalue weighted by atomic mass is 35.5. The molecule has 2 heterocycles. The van der Waals surface area contributed by atoms with E-state index in [0.717, 1.165) is 12.1 Å². The number of carbonyl (C=O) groups is 2. The topological polar surface area (TPSA) is 67.7 Å². The van der Waals surface area contributed by atoms with Crippen LogP contribution in [0.5, 0.6) is 0 Å². The third-order valence-electron chi connectivity index (χ3n) is 3.68. The van der Waals surface area contributed by atoms with Gasteiger partial charge in [0.15, 0.2) is 0 Å². The minimum Gasteiger partial charge on any atom is -0.384 e. The van der Waals surface area contributed by atoms with Crippen molar-refractivity contribution in [1.29, 1.82) is 0 Å². The van der Waals surface area contributed by atoms with Gasteiger partial charge in [0.25, 0.3) is 5.91 Å². The predicted octanol–water partition coefficient (Wildman–Crippen LogP) is 1.41. The zero-order valence-corrected chi connectivity index (χ0v) is 14.3. The number of ether oxygens (including phenoxy) is 1. The van der Waals surface area contributed by atoms with Crippen molar-refractivity contribution >= 4 is 29.5 Å². The molecule has 0 aromatic carbocycles. The van der Waals surface area contributed by atoms with E-state index in [1.807, 2.05) is 6.92 Å². The van der Waals surface area contributed by atoms with Gasteiger partial charge in [-0.15, -0.1) is 0 Å². The predicted molar refractivity (Wildman–Crippen MR) is 86.5 cm³/mol. The summed E-state index contributed by atoms with van der Waals surface area (Å²) in [4.78, 5) is 24.5. The fourth-order valence-corrected chi connectivity index (χ4v) is 2.73. The molecular weight excluding hydrogens is 320 g/mol. The largest absolute Gasteiger partial charge is 0.384 e. The molecule has 0 atom stereocenters. The first kappa shape index (κ1) is 17.5. The molecule has 7 nitrogen and oxygen atoms in total. The Morgan fingerprint density at radius 1 is 1.35 bits per heavy atom. The van der Waals surface area contributed by atoms with E-state index in [-0.39, 0.29) is 18.2 Å². The number of methoxy groups -OCH3 is 1. The van der Waals surface area contributed by atoms with Crippen LogP contribution in [0.2, 0.25) is 5.15 Å². The van der Waals surface area contributed by atoms with Crippen molar-refractivity contribution in [3.8, 4) is 0 Å². The summed E-state index contributed by atoms with van der Waals surface area (Å²) < 4.78 is 6.47. The smallest absolute Gasteiger partial charge is 0.265 e. The molecule has 126 valence electrons. The van der Waals surface area contributed by atoms with Crippen LogP contribution < -0.4 is 0 Å². The lowest BCUT2D eigenvalue weighted by Gasteiger charge is -2.26. The maximum Gasteiger partial charge on any atom is 0.265 e.